The molecule has 0 aliphatic carbocycles. The number of esters is 1. The van der Waals surface area contributed by atoms with E-state index in [1.165, 1.54) is 6.92 Å². The molecule has 0 heterocycles. The second kappa shape index (κ2) is 4.45. The summed E-state index contributed by atoms with van der Waals surface area (Å²) < 4.78 is 10.2. The van der Waals surface area contributed by atoms with Crippen molar-refractivity contribution in [3.8, 4) is 0 Å². The topological polar surface area (TPSA) is 35.5 Å². The van der Waals surface area contributed by atoms with Gasteiger partial charge in [0.2, 0.25) is 0 Å². The first-order valence-corrected chi connectivity index (χ1v) is 4.10. The van der Waals surface area contributed by atoms with Gasteiger partial charge in [0, 0.05) is 20.5 Å². The summed E-state index contributed by atoms with van der Waals surface area (Å²) in [5, 5.41) is 0. The molecule has 0 bridgehead atoms. The molecule has 0 saturated heterocycles. The van der Waals surface area contributed by atoms with Crippen LogP contribution in [0.3, 0.4) is 0 Å². The van der Waals surface area contributed by atoms with Crippen LogP contribution in [0, 0.1) is 0 Å². The molecule has 0 aromatic rings. The predicted octanol–water partition coefficient (Wildman–Crippen LogP) is 1.75. The summed E-state index contributed by atoms with van der Waals surface area (Å²) in [5.41, 5.74) is -0.227. The van der Waals surface area contributed by atoms with Crippen LogP contribution in [0.15, 0.2) is 0 Å². The van der Waals surface area contributed by atoms with Crippen molar-refractivity contribution in [3.63, 3.8) is 0 Å². The zero-order valence-electron chi connectivity index (χ0n) is 8.51. The molecule has 12 heavy (non-hydrogen) atoms. The fraction of sp³-hybridized carbons (Fsp3) is 0.889. The van der Waals surface area contributed by atoms with Gasteiger partial charge in [-0.05, 0) is 20.8 Å². The van der Waals surface area contributed by atoms with Crippen LogP contribution in [-0.4, -0.2) is 24.8 Å². The average molecular weight is 174 g/mol. The molecule has 0 spiro atoms. The normalized spacial score (nSPS) is 14.1. The minimum Gasteiger partial charge on any atom is -0.463 e. The van der Waals surface area contributed by atoms with Gasteiger partial charge >= 0.3 is 5.97 Å². The summed E-state index contributed by atoms with van der Waals surface area (Å²) in [7, 11) is 1.65. The van der Waals surface area contributed by atoms with Gasteiger partial charge in [-0.15, -0.1) is 0 Å². The highest BCUT2D eigenvalue weighted by Gasteiger charge is 2.21. The molecule has 0 unspecified atom stereocenters. The smallest absolute Gasteiger partial charge is 0.302 e. The van der Waals surface area contributed by atoms with Gasteiger partial charge in [0.1, 0.15) is 6.10 Å². The highest BCUT2D eigenvalue weighted by atomic mass is 16.5. The van der Waals surface area contributed by atoms with Crippen molar-refractivity contribution in [2.75, 3.05) is 7.11 Å². The van der Waals surface area contributed by atoms with E-state index in [1.54, 1.807) is 7.11 Å². The maximum atomic E-state index is 10.6. The van der Waals surface area contributed by atoms with E-state index in [0.29, 0.717) is 6.42 Å². The number of rotatable bonds is 4. The van der Waals surface area contributed by atoms with Crippen LogP contribution in [0.4, 0.5) is 0 Å². The van der Waals surface area contributed by atoms with Crippen LogP contribution in [0.25, 0.3) is 0 Å². The van der Waals surface area contributed by atoms with E-state index in [-0.39, 0.29) is 17.7 Å². The Bertz CT molecular complexity index is 152. The van der Waals surface area contributed by atoms with Gasteiger partial charge in [-0.1, -0.05) is 0 Å². The minimum atomic E-state index is -0.241. The summed E-state index contributed by atoms with van der Waals surface area (Å²) in [5.74, 6) is -0.241. The SMILES string of the molecule is COC(C)(C)C[C@H](C)OC(C)=O. The minimum absolute atomic E-state index is 0.0857. The summed E-state index contributed by atoms with van der Waals surface area (Å²) >= 11 is 0. The van der Waals surface area contributed by atoms with Gasteiger partial charge < -0.3 is 9.47 Å². The van der Waals surface area contributed by atoms with Crippen LogP contribution in [0.2, 0.25) is 0 Å². The molecule has 0 aromatic heterocycles. The lowest BCUT2D eigenvalue weighted by molar-refractivity contribution is -0.148. The zero-order chi connectivity index (χ0) is 9.78. The van der Waals surface area contributed by atoms with Crippen LogP contribution < -0.4 is 0 Å². The number of ether oxygens (including phenoxy) is 2. The van der Waals surface area contributed by atoms with Crippen molar-refractivity contribution >= 4 is 5.97 Å². The lowest BCUT2D eigenvalue weighted by Gasteiger charge is -2.26. The molecule has 0 radical (unpaired) electrons. The lowest BCUT2D eigenvalue weighted by Crippen LogP contribution is -2.29. The molecule has 0 fully saturated rings. The number of carbonyl (C=O) groups is 1. The highest BCUT2D eigenvalue weighted by Crippen LogP contribution is 2.17. The second-order valence-electron chi connectivity index (χ2n) is 3.59. The van der Waals surface area contributed by atoms with Crippen molar-refractivity contribution in [2.24, 2.45) is 0 Å². The summed E-state index contributed by atoms with van der Waals surface area (Å²) in [6, 6.07) is 0. The van der Waals surface area contributed by atoms with Crippen LogP contribution >= 0.6 is 0 Å². The Kier molecular flexibility index (Phi) is 4.24. The van der Waals surface area contributed by atoms with Gasteiger partial charge in [0.05, 0.1) is 5.60 Å². The summed E-state index contributed by atoms with van der Waals surface area (Å²) in [4.78, 5) is 10.6. The van der Waals surface area contributed by atoms with Crippen LogP contribution in [0.5, 0.6) is 0 Å². The Balaban J connectivity index is 3.83. The van der Waals surface area contributed by atoms with Crippen LogP contribution in [-0.2, 0) is 14.3 Å². The number of hydrogen-bond donors (Lipinski definition) is 0. The van der Waals surface area contributed by atoms with E-state index in [0.717, 1.165) is 0 Å². The van der Waals surface area contributed by atoms with E-state index in [2.05, 4.69) is 0 Å². The van der Waals surface area contributed by atoms with Gasteiger partial charge in [0.15, 0.2) is 0 Å². The average Bonchev–Trinajstić information content (AvgIpc) is 1.84. The first-order valence-electron chi connectivity index (χ1n) is 4.10. The fourth-order valence-electron chi connectivity index (χ4n) is 1.10. The molecule has 0 rings (SSSR count). The Hall–Kier alpha value is -0.570. The van der Waals surface area contributed by atoms with Crippen molar-refractivity contribution < 1.29 is 14.3 Å². The molecule has 0 aliphatic heterocycles. The molecule has 1 atom stereocenters. The molecular weight excluding hydrogens is 156 g/mol. The Labute approximate surface area is 74.0 Å². The second-order valence-corrected chi connectivity index (χ2v) is 3.59. The monoisotopic (exact) mass is 174 g/mol. The van der Waals surface area contributed by atoms with Gasteiger partial charge in [-0.2, -0.15) is 0 Å². The van der Waals surface area contributed by atoms with E-state index < -0.39 is 0 Å². The Morgan fingerprint density at radius 2 is 2.00 bits per heavy atom. The Morgan fingerprint density at radius 3 is 2.33 bits per heavy atom. The third kappa shape index (κ3) is 5.13. The third-order valence-electron chi connectivity index (χ3n) is 1.70. The molecule has 0 aliphatic rings. The molecule has 0 saturated carbocycles. The number of carbonyl (C=O) groups excluding carboxylic acids is 1. The van der Waals surface area contributed by atoms with Crippen LogP contribution in [0.1, 0.15) is 34.1 Å². The third-order valence-corrected chi connectivity index (χ3v) is 1.70. The molecule has 0 aromatic carbocycles. The lowest BCUT2D eigenvalue weighted by atomic mass is 10.0. The van der Waals surface area contributed by atoms with Crippen molar-refractivity contribution in [3.05, 3.63) is 0 Å². The van der Waals surface area contributed by atoms with E-state index in [9.17, 15) is 4.79 Å². The maximum absolute atomic E-state index is 10.6. The van der Waals surface area contributed by atoms with E-state index in [1.807, 2.05) is 20.8 Å². The largest absolute Gasteiger partial charge is 0.463 e. The quantitative estimate of drug-likeness (QED) is 0.609. The van der Waals surface area contributed by atoms with Gasteiger partial charge in [0.25, 0.3) is 0 Å². The van der Waals surface area contributed by atoms with E-state index >= 15 is 0 Å². The zero-order valence-corrected chi connectivity index (χ0v) is 8.51. The first kappa shape index (κ1) is 11.4. The summed E-state index contributed by atoms with van der Waals surface area (Å²) in [6.07, 6.45) is 0.626. The molecule has 3 nitrogen and oxygen atoms in total. The standard InChI is InChI=1S/C9H18O3/c1-7(12-8(2)10)6-9(3,4)11-5/h7H,6H2,1-5H3/t7-/m0/s1. The summed E-state index contributed by atoms with van der Waals surface area (Å²) in [6.45, 7) is 7.21. The highest BCUT2D eigenvalue weighted by molar-refractivity contribution is 5.66. The Morgan fingerprint density at radius 1 is 1.50 bits per heavy atom. The van der Waals surface area contributed by atoms with Crippen molar-refractivity contribution in [1.82, 2.24) is 0 Å². The van der Waals surface area contributed by atoms with Gasteiger partial charge in [-0.25, -0.2) is 0 Å². The number of hydrogen-bond acceptors (Lipinski definition) is 3. The molecular formula is C9H18O3. The molecule has 72 valence electrons. The maximum Gasteiger partial charge on any atom is 0.302 e. The fourth-order valence-corrected chi connectivity index (χ4v) is 1.10. The predicted molar refractivity (Wildman–Crippen MR) is 46.9 cm³/mol. The van der Waals surface area contributed by atoms with Crippen molar-refractivity contribution in [1.29, 1.82) is 0 Å². The molecule has 3 heteroatoms. The van der Waals surface area contributed by atoms with E-state index in [4.69, 9.17) is 9.47 Å². The van der Waals surface area contributed by atoms with Crippen molar-refractivity contribution in [2.45, 2.75) is 45.8 Å². The molecule has 0 N–H and O–H groups in total. The molecule has 0 amide bonds. The van der Waals surface area contributed by atoms with Gasteiger partial charge in [-0.3, -0.25) is 4.79 Å². The number of methoxy groups -OCH3 is 1. The first-order chi connectivity index (χ1) is 5.37.